The Bertz CT molecular complexity index is 978. The first-order valence-corrected chi connectivity index (χ1v) is 10.1. The molecular formula is C19H20N6O3S. The first-order valence-electron chi connectivity index (χ1n) is 9.21. The molecule has 0 bridgehead atoms. The van der Waals surface area contributed by atoms with Crippen LogP contribution in [0, 0.1) is 0 Å². The second kappa shape index (κ2) is 8.50. The third-order valence-corrected chi connectivity index (χ3v) is 5.55. The van der Waals surface area contributed by atoms with Gasteiger partial charge >= 0.3 is 5.97 Å². The Morgan fingerprint density at radius 1 is 1.10 bits per heavy atom. The van der Waals surface area contributed by atoms with E-state index in [1.165, 1.54) is 11.3 Å². The molecular weight excluding hydrogens is 392 g/mol. The molecule has 0 unspecified atom stereocenters. The van der Waals surface area contributed by atoms with Crippen molar-refractivity contribution in [2.75, 3.05) is 32.7 Å². The molecule has 3 heterocycles. The van der Waals surface area contributed by atoms with Gasteiger partial charge in [-0.2, -0.15) is 0 Å². The van der Waals surface area contributed by atoms with Crippen molar-refractivity contribution in [3.63, 3.8) is 0 Å². The van der Waals surface area contributed by atoms with Gasteiger partial charge in [0.15, 0.2) is 0 Å². The molecule has 2 aromatic heterocycles. The van der Waals surface area contributed by atoms with Crippen LogP contribution in [0.15, 0.2) is 42.0 Å². The zero-order chi connectivity index (χ0) is 20.2. The minimum atomic E-state index is -0.841. The number of aliphatic carboxylic acids is 1. The number of thiazole rings is 1. The SMILES string of the molecule is O=C(O)CN1CCN(C(=O)c2ccc(Cn3cc(-c4nccs4)nn3)cc2)CC1. The van der Waals surface area contributed by atoms with Crippen molar-refractivity contribution in [3.05, 3.63) is 53.2 Å². The van der Waals surface area contributed by atoms with E-state index in [0.29, 0.717) is 38.3 Å². The molecule has 0 spiro atoms. The second-order valence-electron chi connectivity index (χ2n) is 6.80. The maximum atomic E-state index is 12.7. The highest BCUT2D eigenvalue weighted by Crippen LogP contribution is 2.18. The molecule has 0 aliphatic carbocycles. The molecule has 9 nitrogen and oxygen atoms in total. The maximum Gasteiger partial charge on any atom is 0.317 e. The monoisotopic (exact) mass is 412 g/mol. The van der Waals surface area contributed by atoms with Crippen molar-refractivity contribution in [1.82, 2.24) is 29.8 Å². The summed E-state index contributed by atoms with van der Waals surface area (Å²) in [5.74, 6) is -0.871. The molecule has 4 rings (SSSR count). The molecule has 0 radical (unpaired) electrons. The minimum absolute atomic E-state index is 0.0171. The number of carbonyl (C=O) groups excluding carboxylic acids is 1. The van der Waals surface area contributed by atoms with Gasteiger partial charge in [-0.25, -0.2) is 9.67 Å². The fraction of sp³-hybridized carbons (Fsp3) is 0.316. The zero-order valence-electron chi connectivity index (χ0n) is 15.6. The number of rotatable bonds is 6. The zero-order valence-corrected chi connectivity index (χ0v) is 16.5. The molecule has 1 aliphatic rings. The van der Waals surface area contributed by atoms with E-state index in [1.54, 1.807) is 15.8 Å². The van der Waals surface area contributed by atoms with Crippen LogP contribution in [0.1, 0.15) is 15.9 Å². The van der Waals surface area contributed by atoms with E-state index in [9.17, 15) is 9.59 Å². The predicted octanol–water partition coefficient (Wildman–Crippen LogP) is 1.29. The number of amides is 1. The van der Waals surface area contributed by atoms with E-state index in [1.807, 2.05) is 40.7 Å². The largest absolute Gasteiger partial charge is 0.480 e. The number of carbonyl (C=O) groups is 2. The summed E-state index contributed by atoms with van der Waals surface area (Å²) in [7, 11) is 0. The summed E-state index contributed by atoms with van der Waals surface area (Å²) in [6.45, 7) is 2.79. The van der Waals surface area contributed by atoms with Gasteiger partial charge < -0.3 is 10.0 Å². The average Bonchev–Trinajstić information content (AvgIpc) is 3.40. The Hall–Kier alpha value is -3.11. The highest BCUT2D eigenvalue weighted by atomic mass is 32.1. The fourth-order valence-corrected chi connectivity index (χ4v) is 3.83. The number of carboxylic acids is 1. The van der Waals surface area contributed by atoms with E-state index < -0.39 is 5.97 Å². The predicted molar refractivity (Wildman–Crippen MR) is 107 cm³/mol. The Balaban J connectivity index is 1.34. The standard InChI is InChI=1S/C19H20N6O3S/c26-17(27)13-23-6-8-24(9-7-23)19(28)15-3-1-14(2-4-15)11-25-12-16(21-22-25)18-20-5-10-29-18/h1-5,10,12H,6-9,11,13H2,(H,26,27). The number of aromatic nitrogens is 4. The number of hydrogen-bond acceptors (Lipinski definition) is 7. The van der Waals surface area contributed by atoms with Gasteiger partial charge in [0.2, 0.25) is 0 Å². The van der Waals surface area contributed by atoms with Gasteiger partial charge in [0.25, 0.3) is 5.91 Å². The number of carboxylic acid groups (broad SMARTS) is 1. The van der Waals surface area contributed by atoms with Crippen molar-refractivity contribution in [2.24, 2.45) is 0 Å². The lowest BCUT2D eigenvalue weighted by Gasteiger charge is -2.33. The molecule has 3 aromatic rings. The lowest BCUT2D eigenvalue weighted by molar-refractivity contribution is -0.138. The average molecular weight is 412 g/mol. The molecule has 29 heavy (non-hydrogen) atoms. The van der Waals surface area contributed by atoms with Crippen LogP contribution in [0.4, 0.5) is 0 Å². The Morgan fingerprint density at radius 2 is 1.86 bits per heavy atom. The van der Waals surface area contributed by atoms with Crippen molar-refractivity contribution >= 4 is 23.2 Å². The van der Waals surface area contributed by atoms with E-state index in [0.717, 1.165) is 16.3 Å². The molecule has 0 saturated carbocycles. The number of benzene rings is 1. The third kappa shape index (κ3) is 4.66. The molecule has 1 fully saturated rings. The van der Waals surface area contributed by atoms with Crippen LogP contribution in [0.25, 0.3) is 10.7 Å². The van der Waals surface area contributed by atoms with Gasteiger partial charge in [0.05, 0.1) is 19.3 Å². The van der Waals surface area contributed by atoms with Crippen LogP contribution in [-0.4, -0.2) is 79.5 Å². The topological polar surface area (TPSA) is 104 Å². The molecule has 0 atom stereocenters. The lowest BCUT2D eigenvalue weighted by Crippen LogP contribution is -2.49. The number of nitrogens with zero attached hydrogens (tertiary/aromatic N) is 6. The summed E-state index contributed by atoms with van der Waals surface area (Å²) in [5.41, 5.74) is 2.39. The molecule has 150 valence electrons. The molecule has 1 aromatic carbocycles. The van der Waals surface area contributed by atoms with Crippen molar-refractivity contribution in [1.29, 1.82) is 0 Å². The number of piperazine rings is 1. The van der Waals surface area contributed by atoms with Crippen LogP contribution < -0.4 is 0 Å². The first kappa shape index (κ1) is 19.2. The Kier molecular flexibility index (Phi) is 5.63. The molecule has 1 amide bonds. The van der Waals surface area contributed by atoms with E-state index >= 15 is 0 Å². The summed E-state index contributed by atoms with van der Waals surface area (Å²) in [5, 5.41) is 19.9. The van der Waals surface area contributed by atoms with Gasteiger partial charge in [-0.15, -0.1) is 16.4 Å². The molecule has 1 saturated heterocycles. The van der Waals surface area contributed by atoms with Crippen molar-refractivity contribution in [2.45, 2.75) is 6.54 Å². The Labute approximate surface area is 171 Å². The highest BCUT2D eigenvalue weighted by molar-refractivity contribution is 7.13. The molecule has 1 N–H and O–H groups in total. The summed E-state index contributed by atoms with van der Waals surface area (Å²) in [6.07, 6.45) is 3.59. The second-order valence-corrected chi connectivity index (χ2v) is 7.69. The molecule has 1 aliphatic heterocycles. The van der Waals surface area contributed by atoms with E-state index in [2.05, 4.69) is 15.3 Å². The van der Waals surface area contributed by atoms with Gasteiger partial charge in [-0.3, -0.25) is 14.5 Å². The number of hydrogen-bond donors (Lipinski definition) is 1. The van der Waals surface area contributed by atoms with Gasteiger partial charge in [-0.05, 0) is 17.7 Å². The maximum absolute atomic E-state index is 12.7. The van der Waals surface area contributed by atoms with Gasteiger partial charge in [0, 0.05) is 43.3 Å². The fourth-order valence-electron chi connectivity index (χ4n) is 3.25. The van der Waals surface area contributed by atoms with Crippen LogP contribution >= 0.6 is 11.3 Å². The van der Waals surface area contributed by atoms with Gasteiger partial charge in [0.1, 0.15) is 10.7 Å². The third-order valence-electron chi connectivity index (χ3n) is 4.75. The highest BCUT2D eigenvalue weighted by Gasteiger charge is 2.23. The van der Waals surface area contributed by atoms with E-state index in [4.69, 9.17) is 5.11 Å². The molecule has 10 heteroatoms. The van der Waals surface area contributed by atoms with Crippen molar-refractivity contribution < 1.29 is 14.7 Å². The normalized spacial score (nSPS) is 14.8. The summed E-state index contributed by atoms with van der Waals surface area (Å²) < 4.78 is 1.75. The quantitative estimate of drug-likeness (QED) is 0.650. The van der Waals surface area contributed by atoms with Crippen LogP contribution in [0.2, 0.25) is 0 Å². The van der Waals surface area contributed by atoms with Crippen molar-refractivity contribution in [3.8, 4) is 10.7 Å². The van der Waals surface area contributed by atoms with Crippen LogP contribution in [0.5, 0.6) is 0 Å². The Morgan fingerprint density at radius 3 is 2.52 bits per heavy atom. The first-order chi connectivity index (χ1) is 14.1. The van der Waals surface area contributed by atoms with Crippen LogP contribution in [-0.2, 0) is 11.3 Å². The van der Waals surface area contributed by atoms with Gasteiger partial charge in [-0.1, -0.05) is 17.3 Å². The smallest absolute Gasteiger partial charge is 0.317 e. The van der Waals surface area contributed by atoms with E-state index in [-0.39, 0.29) is 12.5 Å². The summed E-state index contributed by atoms with van der Waals surface area (Å²) in [6, 6.07) is 7.47. The lowest BCUT2D eigenvalue weighted by atomic mass is 10.1. The van der Waals surface area contributed by atoms with Crippen LogP contribution in [0.3, 0.4) is 0 Å². The summed E-state index contributed by atoms with van der Waals surface area (Å²) >= 11 is 1.52. The summed E-state index contributed by atoms with van der Waals surface area (Å²) in [4.78, 5) is 31.3. The minimum Gasteiger partial charge on any atom is -0.480 e.